The second-order valence-electron chi connectivity index (χ2n) is 8.98. The summed E-state index contributed by atoms with van der Waals surface area (Å²) in [6.45, 7) is 3.02. The maximum Gasteiger partial charge on any atom is 0.418 e. The lowest BCUT2D eigenvalue weighted by molar-refractivity contribution is -0.137. The average Bonchev–Trinajstić information content (AvgIpc) is 2.85. The number of piperazine rings is 1. The molecule has 2 bridgehead atoms. The summed E-state index contributed by atoms with van der Waals surface area (Å²) in [5, 5.41) is 3.15. The Morgan fingerprint density at radius 1 is 1.08 bits per heavy atom. The molecule has 0 amide bonds. The molecule has 5 heterocycles. The zero-order chi connectivity index (χ0) is 25.7. The lowest BCUT2D eigenvalue weighted by atomic mass is 9.93. The van der Waals surface area contributed by atoms with Crippen molar-refractivity contribution in [1.29, 1.82) is 0 Å². The number of alkyl halides is 3. The molecule has 0 spiro atoms. The van der Waals surface area contributed by atoms with Crippen molar-refractivity contribution in [2.24, 2.45) is 0 Å². The fraction of sp³-hybridized carbons (Fsp3) is 0.333. The highest BCUT2D eigenvalue weighted by Crippen LogP contribution is 2.38. The third-order valence-corrected chi connectivity index (χ3v) is 7.78. The second-order valence-corrected chi connectivity index (χ2v) is 10.6. The summed E-state index contributed by atoms with van der Waals surface area (Å²) in [5.74, 6) is -0.556. The third-order valence-electron chi connectivity index (χ3n) is 6.52. The van der Waals surface area contributed by atoms with Crippen LogP contribution in [0, 0.1) is 12.7 Å². The topological polar surface area (TPSA) is 87.2 Å². The van der Waals surface area contributed by atoms with Crippen LogP contribution in [0.5, 0.6) is 0 Å². The largest absolute Gasteiger partial charge is 0.418 e. The van der Waals surface area contributed by atoms with E-state index in [1.165, 1.54) is 19.1 Å². The Bertz CT molecular complexity index is 1410. The Balaban J connectivity index is 0.00000320. The van der Waals surface area contributed by atoms with Crippen LogP contribution < -0.4 is 14.9 Å². The maximum absolute atomic E-state index is 13.9. The van der Waals surface area contributed by atoms with E-state index in [0.29, 0.717) is 24.0 Å². The molecule has 3 aromatic rings. The standard InChI is InChI=1S/C24H23F4N5O2S.ClH/c1-14-5-6-15(25)11-18(14)23-19(24(26,27)28)9-10-20(30-23)32-36(34,35)22-4-2-3-21(31-22)33-13-16-7-8-17(33)12-29-16;/h2-6,9-11,16-17,29H,7-8,12-13H2,1H3,(H,30,32);1H. The zero-order valence-electron chi connectivity index (χ0n) is 19.6. The van der Waals surface area contributed by atoms with E-state index in [4.69, 9.17) is 0 Å². The van der Waals surface area contributed by atoms with E-state index < -0.39 is 33.3 Å². The molecule has 6 rings (SSSR count). The zero-order valence-corrected chi connectivity index (χ0v) is 21.2. The molecule has 0 aliphatic carbocycles. The average molecular weight is 558 g/mol. The Kier molecular flexibility index (Phi) is 7.37. The highest BCUT2D eigenvalue weighted by atomic mass is 35.5. The van der Waals surface area contributed by atoms with E-state index >= 15 is 0 Å². The van der Waals surface area contributed by atoms with Gasteiger partial charge in [0.15, 0.2) is 5.03 Å². The molecule has 2 unspecified atom stereocenters. The molecule has 3 saturated heterocycles. The summed E-state index contributed by atoms with van der Waals surface area (Å²) in [6.07, 6.45) is -2.75. The third kappa shape index (κ3) is 5.51. The van der Waals surface area contributed by atoms with Gasteiger partial charge in [-0.3, -0.25) is 4.72 Å². The van der Waals surface area contributed by atoms with Crippen molar-refractivity contribution in [3.8, 4) is 11.3 Å². The number of sulfonamides is 1. The lowest BCUT2D eigenvalue weighted by Crippen LogP contribution is -2.61. The van der Waals surface area contributed by atoms with Crippen LogP contribution in [0.2, 0.25) is 0 Å². The molecule has 3 aliphatic heterocycles. The predicted molar refractivity (Wildman–Crippen MR) is 134 cm³/mol. The highest BCUT2D eigenvalue weighted by molar-refractivity contribution is 7.92. The van der Waals surface area contributed by atoms with Crippen LogP contribution in [0.1, 0.15) is 24.0 Å². The molecule has 7 nitrogen and oxygen atoms in total. The number of fused-ring (bicyclic) bond motifs is 3. The van der Waals surface area contributed by atoms with Gasteiger partial charge < -0.3 is 10.2 Å². The summed E-state index contributed by atoms with van der Waals surface area (Å²) in [6, 6.07) is 10.2. The van der Waals surface area contributed by atoms with Crippen LogP contribution in [0.3, 0.4) is 0 Å². The van der Waals surface area contributed by atoms with Crippen LogP contribution in [0.15, 0.2) is 53.6 Å². The summed E-state index contributed by atoms with van der Waals surface area (Å²) >= 11 is 0. The minimum atomic E-state index is -4.78. The number of nitrogens with one attached hydrogen (secondary N) is 2. The molecular weight excluding hydrogens is 534 g/mol. The van der Waals surface area contributed by atoms with Crippen molar-refractivity contribution in [3.63, 3.8) is 0 Å². The van der Waals surface area contributed by atoms with Crippen LogP contribution in [0.4, 0.5) is 29.2 Å². The van der Waals surface area contributed by atoms with Crippen LogP contribution >= 0.6 is 12.4 Å². The molecule has 0 saturated carbocycles. The number of piperidine rings is 2. The smallest absolute Gasteiger partial charge is 0.351 e. The minimum absolute atomic E-state index is 0. The number of hydrogen-bond donors (Lipinski definition) is 2. The van der Waals surface area contributed by atoms with Crippen molar-refractivity contribution in [3.05, 3.63) is 65.5 Å². The van der Waals surface area contributed by atoms with Gasteiger partial charge in [0.1, 0.15) is 17.5 Å². The normalized spacial score (nSPS) is 19.4. The first-order valence-electron chi connectivity index (χ1n) is 11.4. The second kappa shape index (κ2) is 10.1. The van der Waals surface area contributed by atoms with Gasteiger partial charge >= 0.3 is 6.18 Å². The fourth-order valence-electron chi connectivity index (χ4n) is 4.69. The van der Waals surface area contributed by atoms with Gasteiger partial charge in [-0.05, 0) is 61.7 Å². The van der Waals surface area contributed by atoms with Gasteiger partial charge in [0, 0.05) is 30.7 Å². The van der Waals surface area contributed by atoms with E-state index in [-0.39, 0.29) is 34.9 Å². The minimum Gasteiger partial charge on any atom is -0.351 e. The number of benzene rings is 1. The first-order chi connectivity index (χ1) is 17.0. The van der Waals surface area contributed by atoms with E-state index in [2.05, 4.69) is 24.9 Å². The van der Waals surface area contributed by atoms with Crippen molar-refractivity contribution < 1.29 is 26.0 Å². The monoisotopic (exact) mass is 557 g/mol. The van der Waals surface area contributed by atoms with Crippen LogP contribution in [-0.2, 0) is 16.2 Å². The van der Waals surface area contributed by atoms with E-state index in [1.807, 2.05) is 0 Å². The molecular formula is C24H24ClF4N5O2S. The number of aryl methyl sites for hydroxylation is 1. The number of pyridine rings is 2. The molecule has 2 N–H and O–H groups in total. The number of nitrogens with zero attached hydrogens (tertiary/aromatic N) is 3. The highest BCUT2D eigenvalue weighted by Gasteiger charge is 2.36. The SMILES string of the molecule is Cc1ccc(F)cc1-c1nc(NS(=O)(=O)c2cccc(N3CC4CCC3CN4)n2)ccc1C(F)(F)F.Cl. The van der Waals surface area contributed by atoms with E-state index in [9.17, 15) is 26.0 Å². The van der Waals surface area contributed by atoms with Gasteiger partial charge in [0.2, 0.25) is 0 Å². The Labute approximate surface area is 217 Å². The van der Waals surface area contributed by atoms with Crippen LogP contribution in [-0.4, -0.2) is 43.6 Å². The summed E-state index contributed by atoms with van der Waals surface area (Å²) in [5.41, 5.74) is -1.40. The molecule has 1 aromatic carbocycles. The molecule has 0 radical (unpaired) electrons. The molecule has 2 atom stereocenters. The molecule has 37 heavy (non-hydrogen) atoms. The number of anilines is 2. The fourth-order valence-corrected chi connectivity index (χ4v) is 5.66. The lowest BCUT2D eigenvalue weighted by Gasteiger charge is -2.46. The maximum atomic E-state index is 13.9. The van der Waals surface area contributed by atoms with Gasteiger partial charge in [-0.2, -0.15) is 21.6 Å². The number of halogens is 5. The number of aromatic nitrogens is 2. The van der Waals surface area contributed by atoms with Gasteiger partial charge in [-0.1, -0.05) is 12.1 Å². The van der Waals surface area contributed by atoms with Gasteiger partial charge in [0.05, 0.1) is 11.3 Å². The Morgan fingerprint density at radius 2 is 1.86 bits per heavy atom. The summed E-state index contributed by atoms with van der Waals surface area (Å²) in [4.78, 5) is 10.4. The van der Waals surface area contributed by atoms with E-state index in [0.717, 1.165) is 43.7 Å². The van der Waals surface area contributed by atoms with Crippen molar-refractivity contribution in [1.82, 2.24) is 15.3 Å². The quantitative estimate of drug-likeness (QED) is 0.439. The van der Waals surface area contributed by atoms with Gasteiger partial charge in [-0.25, -0.2) is 14.4 Å². The van der Waals surface area contributed by atoms with Gasteiger partial charge in [0.25, 0.3) is 10.0 Å². The first-order valence-corrected chi connectivity index (χ1v) is 12.8. The number of rotatable bonds is 5. The molecule has 198 valence electrons. The molecule has 2 aromatic heterocycles. The first kappa shape index (κ1) is 27.1. The summed E-state index contributed by atoms with van der Waals surface area (Å²) < 4.78 is 83.4. The number of hydrogen-bond acceptors (Lipinski definition) is 6. The Morgan fingerprint density at radius 3 is 2.51 bits per heavy atom. The predicted octanol–water partition coefficient (Wildman–Crippen LogP) is 4.77. The summed E-state index contributed by atoms with van der Waals surface area (Å²) in [7, 11) is -4.27. The molecule has 13 heteroatoms. The van der Waals surface area contributed by atoms with Crippen molar-refractivity contribution >= 4 is 34.1 Å². The molecule has 3 fully saturated rings. The Hall–Kier alpha value is -2.96. The van der Waals surface area contributed by atoms with Crippen molar-refractivity contribution in [2.45, 2.75) is 43.1 Å². The van der Waals surface area contributed by atoms with E-state index in [1.54, 1.807) is 12.1 Å². The van der Waals surface area contributed by atoms with Crippen LogP contribution in [0.25, 0.3) is 11.3 Å². The van der Waals surface area contributed by atoms with Crippen molar-refractivity contribution in [2.75, 3.05) is 22.7 Å². The molecule has 3 aliphatic rings. The van der Waals surface area contributed by atoms with Gasteiger partial charge in [-0.15, -0.1) is 12.4 Å².